The van der Waals surface area contributed by atoms with Gasteiger partial charge in [-0.1, -0.05) is 52.3 Å². The van der Waals surface area contributed by atoms with Crippen LogP contribution in [0.25, 0.3) is 0 Å². The van der Waals surface area contributed by atoms with Crippen LogP contribution < -0.4 is 0 Å². The van der Waals surface area contributed by atoms with Gasteiger partial charge >= 0.3 is 0 Å². The Balaban J connectivity index is 2.07. The fourth-order valence-electron chi connectivity index (χ4n) is 2.42. The van der Waals surface area contributed by atoms with Crippen molar-refractivity contribution in [2.45, 2.75) is 19.4 Å². The van der Waals surface area contributed by atoms with E-state index in [9.17, 15) is 8.42 Å². The van der Waals surface area contributed by atoms with Gasteiger partial charge in [-0.15, -0.1) is 0 Å². The average Bonchev–Trinajstić information content (AvgIpc) is 2.51. The van der Waals surface area contributed by atoms with E-state index in [1.807, 2.05) is 55.5 Å². The summed E-state index contributed by atoms with van der Waals surface area (Å²) in [4.78, 5) is 0. The molecule has 1 atom stereocenters. The second kappa shape index (κ2) is 8.76. The van der Waals surface area contributed by atoms with E-state index in [1.165, 1.54) is 0 Å². The highest BCUT2D eigenvalue weighted by Crippen LogP contribution is 2.25. The fourth-order valence-corrected chi connectivity index (χ4v) is 3.31. The molecule has 0 aliphatic rings. The molecule has 0 aliphatic carbocycles. The normalized spacial score (nSPS) is 13.0. The largest absolute Gasteiger partial charge is 0.376 e. The lowest BCUT2D eigenvalue weighted by Gasteiger charge is -2.19. The van der Waals surface area contributed by atoms with Crippen LogP contribution in [0.5, 0.6) is 0 Å². The Morgan fingerprint density at radius 2 is 1.79 bits per heavy atom. The maximum Gasteiger partial charge on any atom is 0.264 e. The second-order valence-corrected chi connectivity index (χ2v) is 8.25. The van der Waals surface area contributed by atoms with E-state index in [0.29, 0.717) is 13.2 Å². The van der Waals surface area contributed by atoms with Crippen LogP contribution in [-0.2, 0) is 25.6 Å². The Morgan fingerprint density at radius 3 is 2.42 bits per heavy atom. The van der Waals surface area contributed by atoms with Crippen LogP contribution in [0.4, 0.5) is 0 Å². The van der Waals surface area contributed by atoms with Crippen molar-refractivity contribution >= 4 is 26.0 Å². The zero-order chi connectivity index (χ0) is 17.6. The van der Waals surface area contributed by atoms with Gasteiger partial charge < -0.3 is 4.74 Å². The molecule has 0 N–H and O–H groups in total. The van der Waals surface area contributed by atoms with Gasteiger partial charge in [0, 0.05) is 10.4 Å². The van der Waals surface area contributed by atoms with E-state index in [0.717, 1.165) is 27.4 Å². The van der Waals surface area contributed by atoms with Gasteiger partial charge in [-0.2, -0.15) is 8.42 Å². The number of ether oxygens (including phenoxy) is 1. The molecule has 0 amide bonds. The van der Waals surface area contributed by atoms with Crippen LogP contribution >= 0.6 is 15.9 Å². The highest BCUT2D eigenvalue weighted by atomic mass is 79.9. The number of hydrogen-bond donors (Lipinski definition) is 0. The Kier molecular flexibility index (Phi) is 6.98. The summed E-state index contributed by atoms with van der Waals surface area (Å²) < 4.78 is 34.5. The molecule has 1 unspecified atom stereocenters. The molecule has 4 nitrogen and oxygen atoms in total. The van der Waals surface area contributed by atoms with Gasteiger partial charge in [0.25, 0.3) is 10.1 Å². The molecular formula is C18H21BrO4S. The number of halogens is 1. The third-order valence-corrected chi connectivity index (χ3v) is 4.64. The second-order valence-electron chi connectivity index (χ2n) is 5.69. The molecule has 130 valence electrons. The summed E-state index contributed by atoms with van der Waals surface area (Å²) in [5.74, 6) is -0.156. The molecule has 2 aromatic rings. The lowest BCUT2D eigenvalue weighted by atomic mass is 9.96. The van der Waals surface area contributed by atoms with Crippen LogP contribution in [-0.4, -0.2) is 27.9 Å². The maximum atomic E-state index is 11.3. The quantitative estimate of drug-likeness (QED) is 0.614. The topological polar surface area (TPSA) is 52.6 Å². The van der Waals surface area contributed by atoms with E-state index in [-0.39, 0.29) is 12.5 Å². The molecule has 6 heteroatoms. The zero-order valence-corrected chi connectivity index (χ0v) is 16.1. The Hall–Kier alpha value is -1.21. The standard InChI is InChI=1S/C18H21BrO4S/c1-14-10-17(19)8-9-18(14)16(13-23-24(2,20)21)12-22-11-15-6-4-3-5-7-15/h3-10,16H,11-13H2,1-2H3. The average molecular weight is 413 g/mol. The number of rotatable bonds is 8. The summed E-state index contributed by atoms with van der Waals surface area (Å²) in [6.45, 7) is 2.92. The van der Waals surface area contributed by atoms with Crippen LogP contribution in [0.2, 0.25) is 0 Å². The fraction of sp³-hybridized carbons (Fsp3) is 0.333. The first-order valence-corrected chi connectivity index (χ1v) is 10.2. The van der Waals surface area contributed by atoms with Crippen molar-refractivity contribution in [3.63, 3.8) is 0 Å². The van der Waals surface area contributed by atoms with Crippen molar-refractivity contribution in [2.75, 3.05) is 19.5 Å². The minimum Gasteiger partial charge on any atom is -0.376 e. The lowest BCUT2D eigenvalue weighted by molar-refractivity contribution is 0.0929. The Labute approximate surface area is 152 Å². The molecule has 0 fully saturated rings. The first kappa shape index (κ1) is 19.1. The molecule has 0 bridgehead atoms. The number of hydrogen-bond acceptors (Lipinski definition) is 4. The summed E-state index contributed by atoms with van der Waals surface area (Å²) in [5, 5.41) is 0. The van der Waals surface area contributed by atoms with Crippen LogP contribution in [0.3, 0.4) is 0 Å². The first-order chi connectivity index (χ1) is 11.3. The summed E-state index contributed by atoms with van der Waals surface area (Å²) in [6.07, 6.45) is 1.06. The Morgan fingerprint density at radius 1 is 1.08 bits per heavy atom. The molecule has 0 aromatic heterocycles. The third-order valence-electron chi connectivity index (χ3n) is 3.59. The molecule has 0 heterocycles. The molecule has 24 heavy (non-hydrogen) atoms. The third kappa shape index (κ3) is 6.36. The van der Waals surface area contributed by atoms with E-state index in [2.05, 4.69) is 15.9 Å². The predicted octanol–water partition coefficient (Wildman–Crippen LogP) is 4.03. The SMILES string of the molecule is Cc1cc(Br)ccc1C(COCc1ccccc1)COS(C)(=O)=O. The minimum atomic E-state index is -3.49. The highest BCUT2D eigenvalue weighted by Gasteiger charge is 2.17. The maximum absolute atomic E-state index is 11.3. The minimum absolute atomic E-state index is 0.0656. The van der Waals surface area contributed by atoms with E-state index >= 15 is 0 Å². The van der Waals surface area contributed by atoms with Crippen molar-refractivity contribution in [1.29, 1.82) is 0 Å². The molecule has 2 rings (SSSR count). The predicted molar refractivity (Wildman–Crippen MR) is 98.5 cm³/mol. The Bertz CT molecular complexity index is 760. The van der Waals surface area contributed by atoms with Crippen molar-refractivity contribution in [1.82, 2.24) is 0 Å². The zero-order valence-electron chi connectivity index (χ0n) is 13.7. The smallest absolute Gasteiger partial charge is 0.264 e. The first-order valence-electron chi connectivity index (χ1n) is 7.57. The van der Waals surface area contributed by atoms with Crippen LogP contribution in [0.1, 0.15) is 22.6 Å². The van der Waals surface area contributed by atoms with Gasteiger partial charge in [0.2, 0.25) is 0 Å². The van der Waals surface area contributed by atoms with Gasteiger partial charge in [0.1, 0.15) is 0 Å². The lowest BCUT2D eigenvalue weighted by Crippen LogP contribution is -2.18. The molecule has 0 spiro atoms. The monoisotopic (exact) mass is 412 g/mol. The molecule has 0 saturated carbocycles. The molecule has 0 saturated heterocycles. The number of aryl methyl sites for hydroxylation is 1. The van der Waals surface area contributed by atoms with Gasteiger partial charge in [0.15, 0.2) is 0 Å². The summed E-state index contributed by atoms with van der Waals surface area (Å²) >= 11 is 3.44. The number of benzene rings is 2. The van der Waals surface area contributed by atoms with Crippen molar-refractivity contribution in [3.05, 3.63) is 69.7 Å². The summed E-state index contributed by atoms with van der Waals surface area (Å²) in [7, 11) is -3.49. The van der Waals surface area contributed by atoms with Crippen molar-refractivity contribution in [3.8, 4) is 0 Å². The van der Waals surface area contributed by atoms with Gasteiger partial charge in [-0.3, -0.25) is 4.18 Å². The summed E-state index contributed by atoms with van der Waals surface area (Å²) in [5.41, 5.74) is 3.16. The van der Waals surface area contributed by atoms with Gasteiger partial charge in [-0.05, 0) is 35.7 Å². The molecule has 2 aromatic carbocycles. The van der Waals surface area contributed by atoms with E-state index in [4.69, 9.17) is 8.92 Å². The molecule has 0 aliphatic heterocycles. The van der Waals surface area contributed by atoms with Gasteiger partial charge in [-0.25, -0.2) is 0 Å². The van der Waals surface area contributed by atoms with E-state index in [1.54, 1.807) is 0 Å². The van der Waals surface area contributed by atoms with E-state index < -0.39 is 10.1 Å². The van der Waals surface area contributed by atoms with Crippen molar-refractivity contribution in [2.24, 2.45) is 0 Å². The summed E-state index contributed by atoms with van der Waals surface area (Å²) in [6, 6.07) is 15.8. The molecular weight excluding hydrogens is 392 g/mol. The molecule has 0 radical (unpaired) electrons. The van der Waals surface area contributed by atoms with Crippen molar-refractivity contribution < 1.29 is 17.3 Å². The van der Waals surface area contributed by atoms with Crippen LogP contribution in [0, 0.1) is 6.92 Å². The van der Waals surface area contributed by atoms with Crippen LogP contribution in [0.15, 0.2) is 53.0 Å². The highest BCUT2D eigenvalue weighted by molar-refractivity contribution is 9.10. The van der Waals surface area contributed by atoms with Gasteiger partial charge in [0.05, 0.1) is 26.1 Å².